The van der Waals surface area contributed by atoms with Crippen molar-refractivity contribution in [1.82, 2.24) is 5.43 Å². The van der Waals surface area contributed by atoms with Gasteiger partial charge in [0.05, 0.1) is 20.4 Å². The van der Waals surface area contributed by atoms with Crippen molar-refractivity contribution >= 4 is 29.2 Å². The van der Waals surface area contributed by atoms with E-state index in [-0.39, 0.29) is 0 Å². The molecule has 0 saturated carbocycles. The summed E-state index contributed by atoms with van der Waals surface area (Å²) in [6.45, 7) is 0. The Labute approximate surface area is 134 Å². The lowest BCUT2D eigenvalue weighted by Crippen LogP contribution is -2.23. The zero-order chi connectivity index (χ0) is 15.8. The number of thiocarbonyl (C=S) groups is 1. The monoisotopic (exact) mass is 315 g/mol. The minimum absolute atomic E-state index is 0.412. The Hall–Kier alpha value is -2.60. The first kappa shape index (κ1) is 15.8. The molecule has 22 heavy (non-hydrogen) atoms. The molecule has 0 fully saturated rings. The molecular formula is C16H17N3O2S. The SMILES string of the molecule is COc1ccc(/C=N\NC(=S)Nc2ccccc2)c(OC)c1. The van der Waals surface area contributed by atoms with Crippen LogP contribution in [0.2, 0.25) is 0 Å². The second-order valence-corrected chi connectivity index (χ2v) is 4.71. The Morgan fingerprint density at radius 2 is 1.86 bits per heavy atom. The molecule has 0 heterocycles. The number of anilines is 1. The molecule has 2 aromatic carbocycles. The number of rotatable bonds is 5. The van der Waals surface area contributed by atoms with E-state index in [2.05, 4.69) is 15.8 Å². The number of nitrogens with zero attached hydrogens (tertiary/aromatic N) is 1. The van der Waals surface area contributed by atoms with Crippen molar-refractivity contribution in [2.75, 3.05) is 19.5 Å². The molecule has 0 spiro atoms. The van der Waals surface area contributed by atoms with E-state index in [1.165, 1.54) is 0 Å². The van der Waals surface area contributed by atoms with Gasteiger partial charge in [0.15, 0.2) is 5.11 Å². The highest BCUT2D eigenvalue weighted by atomic mass is 32.1. The van der Waals surface area contributed by atoms with E-state index in [1.54, 1.807) is 26.5 Å². The van der Waals surface area contributed by atoms with Gasteiger partial charge in [-0.1, -0.05) is 18.2 Å². The number of para-hydroxylation sites is 1. The Balaban J connectivity index is 1.96. The fourth-order valence-corrected chi connectivity index (χ4v) is 1.94. The third-order valence-electron chi connectivity index (χ3n) is 2.84. The van der Waals surface area contributed by atoms with Gasteiger partial charge < -0.3 is 14.8 Å². The van der Waals surface area contributed by atoms with Gasteiger partial charge in [0.1, 0.15) is 11.5 Å². The molecule has 6 heteroatoms. The van der Waals surface area contributed by atoms with E-state index >= 15 is 0 Å². The lowest BCUT2D eigenvalue weighted by atomic mass is 10.2. The van der Waals surface area contributed by atoms with E-state index in [9.17, 15) is 0 Å². The lowest BCUT2D eigenvalue weighted by Gasteiger charge is -2.08. The summed E-state index contributed by atoms with van der Waals surface area (Å²) in [6.07, 6.45) is 1.64. The molecule has 2 N–H and O–H groups in total. The van der Waals surface area contributed by atoms with Crippen LogP contribution in [0.1, 0.15) is 5.56 Å². The van der Waals surface area contributed by atoms with Crippen LogP contribution in [0.25, 0.3) is 0 Å². The zero-order valence-electron chi connectivity index (χ0n) is 12.4. The van der Waals surface area contributed by atoms with E-state index in [4.69, 9.17) is 21.7 Å². The predicted molar refractivity (Wildman–Crippen MR) is 92.9 cm³/mol. The third-order valence-corrected chi connectivity index (χ3v) is 3.04. The standard InChI is InChI=1S/C16H17N3O2S/c1-20-14-9-8-12(15(10-14)21-2)11-17-19-16(22)18-13-6-4-3-5-7-13/h3-11H,1-2H3,(H2,18,19,22)/b17-11-. The Bertz CT molecular complexity index is 660. The number of hydrazone groups is 1. The molecule has 0 atom stereocenters. The Kier molecular flexibility index (Phi) is 5.73. The molecule has 0 amide bonds. The first-order valence-corrected chi connectivity index (χ1v) is 7.01. The van der Waals surface area contributed by atoms with Crippen molar-refractivity contribution in [3.8, 4) is 11.5 Å². The quantitative estimate of drug-likeness (QED) is 0.505. The van der Waals surface area contributed by atoms with Crippen molar-refractivity contribution in [3.05, 3.63) is 54.1 Å². The Morgan fingerprint density at radius 1 is 1.09 bits per heavy atom. The van der Waals surface area contributed by atoms with Crippen LogP contribution in [0.4, 0.5) is 5.69 Å². The van der Waals surface area contributed by atoms with Crippen LogP contribution in [0.5, 0.6) is 11.5 Å². The summed E-state index contributed by atoms with van der Waals surface area (Å²) in [5.41, 5.74) is 4.48. The molecule has 0 bridgehead atoms. The summed E-state index contributed by atoms with van der Waals surface area (Å²) in [6, 6.07) is 15.1. The normalized spacial score (nSPS) is 10.3. The van der Waals surface area contributed by atoms with Gasteiger partial charge in [-0.2, -0.15) is 5.10 Å². The minimum Gasteiger partial charge on any atom is -0.497 e. The Morgan fingerprint density at radius 3 is 2.55 bits per heavy atom. The van der Waals surface area contributed by atoms with Crippen LogP contribution >= 0.6 is 12.2 Å². The second kappa shape index (κ2) is 7.99. The van der Waals surface area contributed by atoms with Crippen LogP contribution in [0.15, 0.2) is 53.6 Å². The predicted octanol–water partition coefficient (Wildman–Crippen LogP) is 3.02. The second-order valence-electron chi connectivity index (χ2n) is 4.30. The summed E-state index contributed by atoms with van der Waals surface area (Å²) < 4.78 is 10.4. The molecule has 0 aliphatic carbocycles. The van der Waals surface area contributed by atoms with E-state index < -0.39 is 0 Å². The van der Waals surface area contributed by atoms with Crippen LogP contribution < -0.4 is 20.2 Å². The van der Waals surface area contributed by atoms with Gasteiger partial charge in [0, 0.05) is 17.3 Å². The third kappa shape index (κ3) is 4.46. The molecule has 5 nitrogen and oxygen atoms in total. The first-order chi connectivity index (χ1) is 10.7. The molecule has 0 radical (unpaired) electrons. The number of hydrogen-bond acceptors (Lipinski definition) is 4. The van der Waals surface area contributed by atoms with E-state index in [0.29, 0.717) is 10.9 Å². The van der Waals surface area contributed by atoms with Crippen LogP contribution in [0, 0.1) is 0 Å². The van der Waals surface area contributed by atoms with E-state index in [0.717, 1.165) is 17.0 Å². The molecule has 114 valence electrons. The molecule has 0 saturated heterocycles. The van der Waals surface area contributed by atoms with Gasteiger partial charge >= 0.3 is 0 Å². The van der Waals surface area contributed by atoms with Gasteiger partial charge in [-0.3, -0.25) is 5.43 Å². The van der Waals surface area contributed by atoms with Crippen LogP contribution in [0.3, 0.4) is 0 Å². The van der Waals surface area contributed by atoms with Crippen molar-refractivity contribution in [1.29, 1.82) is 0 Å². The minimum atomic E-state index is 0.412. The highest BCUT2D eigenvalue weighted by Crippen LogP contribution is 2.22. The topological polar surface area (TPSA) is 54.9 Å². The van der Waals surface area contributed by atoms with Crippen LogP contribution in [-0.2, 0) is 0 Å². The van der Waals surface area contributed by atoms with Crippen molar-refractivity contribution in [2.45, 2.75) is 0 Å². The fraction of sp³-hybridized carbons (Fsp3) is 0.125. The lowest BCUT2D eigenvalue weighted by molar-refractivity contribution is 0.394. The average molecular weight is 315 g/mol. The summed E-state index contributed by atoms with van der Waals surface area (Å²) in [5, 5.41) is 7.54. The van der Waals surface area contributed by atoms with Crippen molar-refractivity contribution in [3.63, 3.8) is 0 Å². The molecular weight excluding hydrogens is 298 g/mol. The van der Waals surface area contributed by atoms with Gasteiger partial charge in [-0.25, -0.2) is 0 Å². The summed E-state index contributed by atoms with van der Waals surface area (Å²) in [4.78, 5) is 0. The zero-order valence-corrected chi connectivity index (χ0v) is 13.2. The van der Waals surface area contributed by atoms with Gasteiger partial charge in [0.2, 0.25) is 0 Å². The summed E-state index contributed by atoms with van der Waals surface area (Å²) >= 11 is 5.16. The maximum Gasteiger partial charge on any atom is 0.191 e. The largest absolute Gasteiger partial charge is 0.497 e. The number of nitrogens with one attached hydrogen (secondary N) is 2. The van der Waals surface area contributed by atoms with E-state index in [1.807, 2.05) is 42.5 Å². The molecule has 2 aromatic rings. The highest BCUT2D eigenvalue weighted by molar-refractivity contribution is 7.80. The molecule has 2 rings (SSSR count). The first-order valence-electron chi connectivity index (χ1n) is 6.60. The molecule has 0 aromatic heterocycles. The van der Waals surface area contributed by atoms with Crippen LogP contribution in [-0.4, -0.2) is 25.5 Å². The maximum absolute atomic E-state index is 5.29. The fourth-order valence-electron chi connectivity index (χ4n) is 1.77. The summed E-state index contributed by atoms with van der Waals surface area (Å²) in [7, 11) is 3.21. The van der Waals surface area contributed by atoms with Crippen molar-refractivity contribution in [2.24, 2.45) is 5.10 Å². The highest BCUT2D eigenvalue weighted by Gasteiger charge is 2.02. The smallest absolute Gasteiger partial charge is 0.191 e. The molecule has 0 aliphatic rings. The van der Waals surface area contributed by atoms with Crippen molar-refractivity contribution < 1.29 is 9.47 Å². The molecule has 0 unspecified atom stereocenters. The number of benzene rings is 2. The average Bonchev–Trinajstić information content (AvgIpc) is 2.56. The van der Waals surface area contributed by atoms with Gasteiger partial charge in [-0.15, -0.1) is 0 Å². The number of hydrogen-bond donors (Lipinski definition) is 2. The number of methoxy groups -OCH3 is 2. The van der Waals surface area contributed by atoms with Gasteiger partial charge in [0.25, 0.3) is 0 Å². The summed E-state index contributed by atoms with van der Waals surface area (Å²) in [5.74, 6) is 1.40. The molecule has 0 aliphatic heterocycles. The number of ether oxygens (including phenoxy) is 2. The maximum atomic E-state index is 5.29. The van der Waals surface area contributed by atoms with Gasteiger partial charge in [-0.05, 0) is 36.5 Å².